The number of hydrogen-bond acceptors (Lipinski definition) is 4. The van der Waals surface area contributed by atoms with E-state index in [0.717, 1.165) is 19.3 Å². The lowest BCUT2D eigenvalue weighted by atomic mass is 9.64. The highest BCUT2D eigenvalue weighted by Gasteiger charge is 2.42. The molecule has 0 bridgehead atoms. The number of aliphatic hydroxyl groups is 1. The highest BCUT2D eigenvalue weighted by molar-refractivity contribution is 5.71. The van der Waals surface area contributed by atoms with Crippen LogP contribution in [0.25, 0.3) is 0 Å². The Balaban J connectivity index is 2.64. The fourth-order valence-electron chi connectivity index (χ4n) is 3.53. The molecule has 0 aliphatic heterocycles. The van der Waals surface area contributed by atoms with Crippen LogP contribution in [-0.2, 0) is 9.53 Å². The van der Waals surface area contributed by atoms with Crippen LogP contribution in [-0.4, -0.2) is 36.4 Å². The van der Waals surface area contributed by atoms with Crippen molar-refractivity contribution in [1.29, 1.82) is 0 Å². The van der Waals surface area contributed by atoms with Crippen molar-refractivity contribution in [3.8, 4) is 0 Å². The molecule has 1 aliphatic rings. The predicted molar refractivity (Wildman–Crippen MR) is 71.2 cm³/mol. The molecule has 2 atom stereocenters. The van der Waals surface area contributed by atoms with Gasteiger partial charge >= 0.3 is 5.97 Å². The third-order valence-electron chi connectivity index (χ3n) is 3.67. The average molecular weight is 257 g/mol. The Hall–Kier alpha value is -0.610. The monoisotopic (exact) mass is 257 g/mol. The van der Waals surface area contributed by atoms with Crippen molar-refractivity contribution < 1.29 is 14.6 Å². The molecule has 0 saturated heterocycles. The molecule has 1 aliphatic carbocycles. The average Bonchev–Trinajstić information content (AvgIpc) is 2.24. The first-order valence-corrected chi connectivity index (χ1v) is 6.84. The lowest BCUT2D eigenvalue weighted by Crippen LogP contribution is -2.56. The summed E-state index contributed by atoms with van der Waals surface area (Å²) < 4.78 is 4.92. The molecule has 1 rings (SSSR count). The van der Waals surface area contributed by atoms with Crippen molar-refractivity contribution in [2.45, 2.75) is 52.5 Å². The van der Waals surface area contributed by atoms with E-state index in [2.05, 4.69) is 26.1 Å². The fourth-order valence-corrected chi connectivity index (χ4v) is 3.53. The summed E-state index contributed by atoms with van der Waals surface area (Å²) >= 11 is 0. The number of aliphatic hydroxyl groups excluding tert-OH is 1. The highest BCUT2D eigenvalue weighted by Crippen LogP contribution is 2.43. The predicted octanol–water partition coefficient (Wildman–Crippen LogP) is 1.72. The van der Waals surface area contributed by atoms with Crippen molar-refractivity contribution in [3.05, 3.63) is 0 Å². The van der Waals surface area contributed by atoms with Gasteiger partial charge in [-0.3, -0.25) is 10.1 Å². The van der Waals surface area contributed by atoms with E-state index < -0.39 is 0 Å². The zero-order valence-electron chi connectivity index (χ0n) is 12.1. The van der Waals surface area contributed by atoms with Crippen molar-refractivity contribution in [2.24, 2.45) is 11.3 Å². The number of hydrogen-bond donors (Lipinski definition) is 2. The van der Waals surface area contributed by atoms with E-state index in [0.29, 0.717) is 12.5 Å². The molecular weight excluding hydrogens is 230 g/mol. The quantitative estimate of drug-likeness (QED) is 0.736. The Morgan fingerprint density at radius 2 is 2.11 bits per heavy atom. The van der Waals surface area contributed by atoms with Gasteiger partial charge in [-0.25, -0.2) is 0 Å². The number of carbonyl (C=O) groups is 1. The van der Waals surface area contributed by atoms with E-state index in [9.17, 15) is 9.90 Å². The van der Waals surface area contributed by atoms with Crippen LogP contribution >= 0.6 is 0 Å². The standard InChI is InChI=1S/C14H27NO3/c1-5-18-12(17)8-15-14(10-16)7-11(2)6-13(3,4)9-14/h11,15-16H,5-10H2,1-4H3. The van der Waals surface area contributed by atoms with Gasteiger partial charge in [-0.15, -0.1) is 0 Å². The SMILES string of the molecule is CCOC(=O)CNC1(CO)CC(C)CC(C)(C)C1. The maximum atomic E-state index is 11.4. The number of ether oxygens (including phenoxy) is 1. The lowest BCUT2D eigenvalue weighted by molar-refractivity contribution is -0.142. The van der Waals surface area contributed by atoms with Crippen LogP contribution in [0.1, 0.15) is 47.0 Å². The summed E-state index contributed by atoms with van der Waals surface area (Å²) in [5, 5.41) is 13.0. The van der Waals surface area contributed by atoms with E-state index in [1.807, 2.05) is 0 Å². The van der Waals surface area contributed by atoms with E-state index >= 15 is 0 Å². The Bertz CT molecular complexity index is 291. The summed E-state index contributed by atoms with van der Waals surface area (Å²) in [5.74, 6) is 0.303. The molecule has 0 aromatic heterocycles. The molecule has 0 aromatic rings. The van der Waals surface area contributed by atoms with Gasteiger partial charge in [0.15, 0.2) is 0 Å². The van der Waals surface area contributed by atoms with E-state index in [4.69, 9.17) is 4.74 Å². The Kier molecular flexibility index (Phi) is 5.17. The molecule has 2 N–H and O–H groups in total. The van der Waals surface area contributed by atoms with Gasteiger partial charge in [0.1, 0.15) is 0 Å². The minimum absolute atomic E-state index is 0.0696. The van der Waals surface area contributed by atoms with Gasteiger partial charge in [-0.1, -0.05) is 20.8 Å². The number of rotatable bonds is 5. The molecule has 18 heavy (non-hydrogen) atoms. The molecule has 0 aromatic carbocycles. The van der Waals surface area contributed by atoms with Gasteiger partial charge in [0.05, 0.1) is 19.8 Å². The van der Waals surface area contributed by atoms with Crippen molar-refractivity contribution in [3.63, 3.8) is 0 Å². The number of nitrogens with one attached hydrogen (secondary N) is 1. The van der Waals surface area contributed by atoms with Crippen LogP contribution in [0.3, 0.4) is 0 Å². The van der Waals surface area contributed by atoms with Gasteiger partial charge in [-0.05, 0) is 37.5 Å². The third-order valence-corrected chi connectivity index (χ3v) is 3.67. The van der Waals surface area contributed by atoms with Crippen molar-refractivity contribution in [2.75, 3.05) is 19.8 Å². The second-order valence-corrected chi connectivity index (χ2v) is 6.45. The van der Waals surface area contributed by atoms with E-state index in [1.165, 1.54) is 0 Å². The summed E-state index contributed by atoms with van der Waals surface area (Å²) in [6, 6.07) is 0. The number of carbonyl (C=O) groups excluding carboxylic acids is 1. The summed E-state index contributed by atoms with van der Waals surface area (Å²) in [5.41, 5.74) is -0.143. The highest BCUT2D eigenvalue weighted by atomic mass is 16.5. The van der Waals surface area contributed by atoms with Crippen LogP contribution in [0, 0.1) is 11.3 Å². The minimum atomic E-state index is -0.339. The van der Waals surface area contributed by atoms with Crippen LogP contribution in [0.4, 0.5) is 0 Å². The van der Waals surface area contributed by atoms with Crippen molar-refractivity contribution in [1.82, 2.24) is 5.32 Å². The van der Waals surface area contributed by atoms with E-state index in [-0.39, 0.29) is 30.1 Å². The molecule has 0 heterocycles. The maximum Gasteiger partial charge on any atom is 0.319 e. The number of esters is 1. The Morgan fingerprint density at radius 1 is 1.44 bits per heavy atom. The lowest BCUT2D eigenvalue weighted by Gasteiger charge is -2.47. The zero-order chi connectivity index (χ0) is 13.8. The topological polar surface area (TPSA) is 58.6 Å². The maximum absolute atomic E-state index is 11.4. The summed E-state index contributed by atoms with van der Waals surface area (Å²) in [7, 11) is 0. The van der Waals surface area contributed by atoms with Crippen molar-refractivity contribution >= 4 is 5.97 Å². The molecule has 106 valence electrons. The first-order valence-electron chi connectivity index (χ1n) is 6.84. The molecule has 4 nitrogen and oxygen atoms in total. The van der Waals surface area contributed by atoms with Crippen LogP contribution in [0.15, 0.2) is 0 Å². The molecule has 1 fully saturated rings. The fraction of sp³-hybridized carbons (Fsp3) is 0.929. The van der Waals surface area contributed by atoms with Crippen LogP contribution in [0.5, 0.6) is 0 Å². The van der Waals surface area contributed by atoms with Crippen LogP contribution < -0.4 is 5.32 Å². The second kappa shape index (κ2) is 6.02. The third kappa shape index (κ3) is 4.25. The minimum Gasteiger partial charge on any atom is -0.465 e. The molecule has 0 radical (unpaired) electrons. The van der Waals surface area contributed by atoms with Gasteiger partial charge < -0.3 is 9.84 Å². The van der Waals surface area contributed by atoms with Gasteiger partial charge in [0.2, 0.25) is 0 Å². The van der Waals surface area contributed by atoms with E-state index in [1.54, 1.807) is 6.92 Å². The first kappa shape index (κ1) is 15.4. The smallest absolute Gasteiger partial charge is 0.319 e. The Morgan fingerprint density at radius 3 is 2.61 bits per heavy atom. The summed E-state index contributed by atoms with van der Waals surface area (Å²) in [6.45, 7) is 9.09. The molecule has 1 saturated carbocycles. The molecular formula is C14H27NO3. The van der Waals surface area contributed by atoms with Gasteiger partial charge in [0, 0.05) is 5.54 Å². The molecule has 4 heteroatoms. The second-order valence-electron chi connectivity index (χ2n) is 6.45. The normalized spacial score (nSPS) is 31.1. The van der Waals surface area contributed by atoms with Gasteiger partial charge in [-0.2, -0.15) is 0 Å². The Labute approximate surface area is 110 Å². The largest absolute Gasteiger partial charge is 0.465 e. The summed E-state index contributed by atoms with van der Waals surface area (Å²) in [6.07, 6.45) is 2.96. The summed E-state index contributed by atoms with van der Waals surface area (Å²) in [4.78, 5) is 11.4. The first-order chi connectivity index (χ1) is 8.32. The van der Waals surface area contributed by atoms with Gasteiger partial charge in [0.25, 0.3) is 0 Å². The van der Waals surface area contributed by atoms with Crippen LogP contribution in [0.2, 0.25) is 0 Å². The molecule has 0 spiro atoms. The zero-order valence-corrected chi connectivity index (χ0v) is 12.1. The molecule has 0 amide bonds. The molecule has 2 unspecified atom stereocenters.